The van der Waals surface area contributed by atoms with Crippen molar-refractivity contribution >= 4 is 12.2 Å². The summed E-state index contributed by atoms with van der Waals surface area (Å²) in [4.78, 5) is 0. The van der Waals surface area contributed by atoms with Crippen molar-refractivity contribution in [2.45, 2.75) is 6.92 Å². The first-order valence-electron chi connectivity index (χ1n) is 6.46. The smallest absolute Gasteiger partial charge is 0.263 e. The fourth-order valence-electron chi connectivity index (χ4n) is 1.83. The number of benzene rings is 1. The summed E-state index contributed by atoms with van der Waals surface area (Å²) in [5.74, 6) is 7.07. The van der Waals surface area contributed by atoms with Crippen LogP contribution in [-0.2, 0) is 0 Å². The van der Waals surface area contributed by atoms with Gasteiger partial charge in [0.2, 0.25) is 0 Å². The van der Waals surface area contributed by atoms with Crippen LogP contribution in [0.15, 0.2) is 45.9 Å². The third-order valence-corrected chi connectivity index (χ3v) is 2.99. The maximum absolute atomic E-state index is 13.7. The summed E-state index contributed by atoms with van der Waals surface area (Å²) < 4.78 is 20.5. The topological polar surface area (TPSA) is 94.3 Å². The number of anilines is 1. The third kappa shape index (κ3) is 3.49. The van der Waals surface area contributed by atoms with E-state index >= 15 is 0 Å². The third-order valence-electron chi connectivity index (χ3n) is 2.99. The Balaban J connectivity index is 0.00000192. The predicted octanol–water partition coefficient (Wildman–Crippen LogP) is -0.851. The second-order valence-corrected chi connectivity index (χ2v) is 4.49. The van der Waals surface area contributed by atoms with Crippen LogP contribution < -0.4 is 23.7 Å². The van der Waals surface area contributed by atoms with Gasteiger partial charge in [0.15, 0.2) is 5.82 Å². The SMILES string of the molecule is Cc1nnc(NN=Cc2ccc(-c3ccccc3F)o2)n1N.[Cl-]. The van der Waals surface area contributed by atoms with Crippen LogP contribution in [0.3, 0.4) is 0 Å². The van der Waals surface area contributed by atoms with E-state index in [9.17, 15) is 4.39 Å². The molecule has 3 aromatic rings. The van der Waals surface area contributed by atoms with E-state index in [2.05, 4.69) is 20.7 Å². The summed E-state index contributed by atoms with van der Waals surface area (Å²) in [7, 11) is 0. The van der Waals surface area contributed by atoms with E-state index in [1.165, 1.54) is 17.0 Å². The number of nitrogens with two attached hydrogens (primary N) is 1. The Bertz CT molecular complexity index is 828. The van der Waals surface area contributed by atoms with Crippen LogP contribution in [0.5, 0.6) is 0 Å². The molecule has 2 aromatic heterocycles. The maximum Gasteiger partial charge on any atom is 0.263 e. The van der Waals surface area contributed by atoms with Gasteiger partial charge in [0.25, 0.3) is 5.95 Å². The molecule has 0 aliphatic heterocycles. The Kier molecular flexibility index (Phi) is 4.97. The van der Waals surface area contributed by atoms with Crippen LogP contribution in [0.4, 0.5) is 10.3 Å². The van der Waals surface area contributed by atoms with Gasteiger partial charge in [0.05, 0.1) is 11.8 Å². The first kappa shape index (κ1) is 16.5. The molecule has 0 spiro atoms. The van der Waals surface area contributed by atoms with Gasteiger partial charge in [-0.05, 0) is 31.2 Å². The summed E-state index contributed by atoms with van der Waals surface area (Å²) in [6.07, 6.45) is 1.44. The van der Waals surface area contributed by atoms with E-state index in [4.69, 9.17) is 10.3 Å². The summed E-state index contributed by atoms with van der Waals surface area (Å²) in [5, 5.41) is 11.5. The van der Waals surface area contributed by atoms with Crippen LogP contribution >= 0.6 is 0 Å². The first-order chi connectivity index (χ1) is 10.6. The fraction of sp³-hybridized carbons (Fsp3) is 0.0714. The number of halogens is 2. The van der Waals surface area contributed by atoms with Gasteiger partial charge >= 0.3 is 0 Å². The van der Waals surface area contributed by atoms with Crippen molar-refractivity contribution in [3.05, 3.63) is 53.8 Å². The Morgan fingerprint density at radius 1 is 1.26 bits per heavy atom. The lowest BCUT2D eigenvalue weighted by Gasteiger charge is -1.99. The molecule has 0 amide bonds. The van der Waals surface area contributed by atoms with Crippen LogP contribution in [-0.4, -0.2) is 21.1 Å². The first-order valence-corrected chi connectivity index (χ1v) is 6.46. The van der Waals surface area contributed by atoms with E-state index in [1.54, 1.807) is 37.3 Å². The van der Waals surface area contributed by atoms with Crippen molar-refractivity contribution in [2.75, 3.05) is 11.3 Å². The highest BCUT2D eigenvalue weighted by molar-refractivity contribution is 5.78. The number of nitrogen functional groups attached to an aromatic ring is 1. The van der Waals surface area contributed by atoms with E-state index in [1.807, 2.05) is 0 Å². The van der Waals surface area contributed by atoms with Crippen molar-refractivity contribution in [3.63, 3.8) is 0 Å². The lowest BCUT2D eigenvalue weighted by atomic mass is 10.1. The highest BCUT2D eigenvalue weighted by atomic mass is 35.5. The lowest BCUT2D eigenvalue weighted by Crippen LogP contribution is -3.00. The molecule has 3 rings (SSSR count). The monoisotopic (exact) mass is 335 g/mol. The van der Waals surface area contributed by atoms with Crippen molar-refractivity contribution < 1.29 is 21.2 Å². The Hall–Kier alpha value is -2.87. The van der Waals surface area contributed by atoms with Crippen LogP contribution in [0.1, 0.15) is 11.6 Å². The number of rotatable bonds is 4. The molecule has 0 aliphatic carbocycles. The molecule has 0 radical (unpaired) electrons. The molecule has 3 N–H and O–H groups in total. The molecule has 0 bridgehead atoms. The van der Waals surface area contributed by atoms with Gasteiger partial charge in [-0.25, -0.2) is 14.5 Å². The van der Waals surface area contributed by atoms with Crippen LogP contribution in [0.2, 0.25) is 0 Å². The number of hydrogen-bond donors (Lipinski definition) is 2. The molecule has 0 saturated carbocycles. The van der Waals surface area contributed by atoms with Gasteiger partial charge in [-0.1, -0.05) is 12.1 Å². The molecule has 0 atom stereocenters. The van der Waals surface area contributed by atoms with Gasteiger partial charge in [0, 0.05) is 0 Å². The van der Waals surface area contributed by atoms with E-state index in [0.717, 1.165) is 0 Å². The van der Waals surface area contributed by atoms with Gasteiger partial charge < -0.3 is 22.7 Å². The number of furan rings is 1. The normalized spacial score (nSPS) is 10.7. The summed E-state index contributed by atoms with van der Waals surface area (Å²) in [5.41, 5.74) is 3.04. The van der Waals surface area contributed by atoms with E-state index in [0.29, 0.717) is 28.9 Å². The number of nitrogens with zero attached hydrogens (tertiary/aromatic N) is 4. The molecule has 9 heteroatoms. The quantitative estimate of drug-likeness (QED) is 0.368. The van der Waals surface area contributed by atoms with Gasteiger partial charge in [-0.15, -0.1) is 10.2 Å². The minimum Gasteiger partial charge on any atom is -1.00 e. The summed E-state index contributed by atoms with van der Waals surface area (Å²) in [6.45, 7) is 1.72. The summed E-state index contributed by atoms with van der Waals surface area (Å²) in [6, 6.07) is 9.75. The maximum atomic E-state index is 13.7. The van der Waals surface area contributed by atoms with Crippen molar-refractivity contribution in [1.82, 2.24) is 14.9 Å². The number of aryl methyl sites for hydroxylation is 1. The van der Waals surface area contributed by atoms with Crippen molar-refractivity contribution in [3.8, 4) is 11.3 Å². The second kappa shape index (κ2) is 6.93. The molecular formula is C14H13ClFN6O-. The van der Waals surface area contributed by atoms with Gasteiger partial charge in [-0.3, -0.25) is 0 Å². The Morgan fingerprint density at radius 3 is 2.74 bits per heavy atom. The van der Waals surface area contributed by atoms with Crippen molar-refractivity contribution in [2.24, 2.45) is 5.10 Å². The number of hydrogen-bond acceptors (Lipinski definition) is 6. The van der Waals surface area contributed by atoms with Gasteiger partial charge in [0.1, 0.15) is 17.3 Å². The molecular weight excluding hydrogens is 323 g/mol. The minimum atomic E-state index is -0.342. The van der Waals surface area contributed by atoms with E-state index < -0.39 is 0 Å². The average molecular weight is 336 g/mol. The zero-order valence-electron chi connectivity index (χ0n) is 12.1. The highest BCUT2D eigenvalue weighted by Crippen LogP contribution is 2.24. The molecule has 1 aromatic carbocycles. The summed E-state index contributed by atoms with van der Waals surface area (Å²) >= 11 is 0. The van der Waals surface area contributed by atoms with Crippen LogP contribution in [0, 0.1) is 12.7 Å². The number of hydrazone groups is 1. The molecule has 0 unspecified atom stereocenters. The van der Waals surface area contributed by atoms with Crippen LogP contribution in [0.25, 0.3) is 11.3 Å². The molecule has 0 saturated heterocycles. The minimum absolute atomic E-state index is 0. The second-order valence-electron chi connectivity index (χ2n) is 4.49. The Morgan fingerprint density at radius 2 is 2.04 bits per heavy atom. The Labute approximate surface area is 137 Å². The number of aromatic nitrogens is 3. The predicted molar refractivity (Wildman–Crippen MR) is 80.2 cm³/mol. The highest BCUT2D eigenvalue weighted by Gasteiger charge is 2.08. The molecule has 7 nitrogen and oxygen atoms in total. The molecule has 2 heterocycles. The average Bonchev–Trinajstić information content (AvgIpc) is 3.10. The fourth-order valence-corrected chi connectivity index (χ4v) is 1.83. The molecule has 120 valence electrons. The zero-order valence-corrected chi connectivity index (χ0v) is 12.8. The molecule has 0 aliphatic rings. The molecule has 0 fully saturated rings. The van der Waals surface area contributed by atoms with Crippen molar-refractivity contribution in [1.29, 1.82) is 0 Å². The van der Waals surface area contributed by atoms with Gasteiger partial charge in [-0.2, -0.15) is 5.10 Å². The largest absolute Gasteiger partial charge is 1.00 e. The lowest BCUT2D eigenvalue weighted by molar-refractivity contribution is -0.00000573. The standard InChI is InChI=1S/C14H13FN6O.ClH/c1-9-18-20-14(21(9)16)19-17-8-10-6-7-13(22-10)11-4-2-3-5-12(11)15;/h2-8H,16H2,1H3,(H,19,20);1H/p-1. The zero-order chi connectivity index (χ0) is 15.5. The van der Waals surface area contributed by atoms with E-state index in [-0.39, 0.29) is 18.2 Å². The molecule has 23 heavy (non-hydrogen) atoms. The number of nitrogens with one attached hydrogen (secondary N) is 1.